The predicted molar refractivity (Wildman–Crippen MR) is 130 cm³/mol. The number of amides is 1. The smallest absolute Gasteiger partial charge is 0.408 e. The molecule has 3 N–H and O–H groups in total. The fourth-order valence-corrected chi connectivity index (χ4v) is 3.67. The SMILES string of the molecule is Cn1c(=O)n(CC[C@H](NC(=O)OC(C)(C)C)C(=O)O)c2cc(Nc3ccnc(Cl)c3C#N)ccc21. The number of carboxylic acid groups (broad SMARTS) is 1. The number of benzene rings is 1. The molecule has 0 saturated heterocycles. The van der Waals surface area contributed by atoms with Gasteiger partial charge in [0.25, 0.3) is 0 Å². The summed E-state index contributed by atoms with van der Waals surface area (Å²) in [5, 5.41) is 24.4. The number of nitrogens with one attached hydrogen (secondary N) is 2. The van der Waals surface area contributed by atoms with E-state index in [0.29, 0.717) is 22.4 Å². The Balaban J connectivity index is 1.88. The first-order valence-electron chi connectivity index (χ1n) is 10.6. The van der Waals surface area contributed by atoms with Gasteiger partial charge in [0.05, 0.1) is 16.7 Å². The molecule has 0 aliphatic rings. The number of rotatable bonds is 7. The van der Waals surface area contributed by atoms with Crippen molar-refractivity contribution in [1.29, 1.82) is 5.26 Å². The molecule has 3 rings (SSSR count). The van der Waals surface area contributed by atoms with Crippen molar-refractivity contribution in [2.45, 2.75) is 45.4 Å². The predicted octanol–water partition coefficient (Wildman–Crippen LogP) is 3.37. The number of imidazole rings is 1. The third-order valence-electron chi connectivity index (χ3n) is 5.07. The van der Waals surface area contributed by atoms with Crippen molar-refractivity contribution >= 4 is 46.1 Å². The third kappa shape index (κ3) is 5.91. The van der Waals surface area contributed by atoms with E-state index in [1.54, 1.807) is 52.1 Å². The molecule has 1 atom stereocenters. The summed E-state index contributed by atoms with van der Waals surface area (Å²) in [5.74, 6) is -1.25. The summed E-state index contributed by atoms with van der Waals surface area (Å²) in [7, 11) is 1.61. The van der Waals surface area contributed by atoms with Crippen molar-refractivity contribution in [1.82, 2.24) is 19.4 Å². The number of alkyl carbamates (subject to hydrolysis) is 1. The molecule has 3 aromatic rings. The number of aromatic nitrogens is 3. The van der Waals surface area contributed by atoms with Gasteiger partial charge >= 0.3 is 17.8 Å². The van der Waals surface area contributed by atoms with Crippen LogP contribution in [0.3, 0.4) is 0 Å². The normalized spacial score (nSPS) is 12.1. The number of pyridine rings is 1. The molecular formula is C23H25ClN6O5. The van der Waals surface area contributed by atoms with Gasteiger partial charge in [-0.15, -0.1) is 0 Å². The molecule has 0 aliphatic heterocycles. The number of halogens is 1. The van der Waals surface area contributed by atoms with E-state index in [2.05, 4.69) is 15.6 Å². The summed E-state index contributed by atoms with van der Waals surface area (Å²) in [4.78, 5) is 40.5. The zero-order valence-corrected chi connectivity index (χ0v) is 20.4. The largest absolute Gasteiger partial charge is 0.480 e. The molecule has 11 nitrogen and oxygen atoms in total. The number of carboxylic acids is 1. The van der Waals surface area contributed by atoms with E-state index in [0.717, 1.165) is 0 Å². The number of nitrogens with zero attached hydrogens (tertiary/aromatic N) is 4. The van der Waals surface area contributed by atoms with E-state index < -0.39 is 23.7 Å². The van der Waals surface area contributed by atoms with Crippen molar-refractivity contribution in [2.24, 2.45) is 7.05 Å². The fraction of sp³-hybridized carbons (Fsp3) is 0.348. The second kappa shape index (κ2) is 10.1. The van der Waals surface area contributed by atoms with Crippen LogP contribution >= 0.6 is 11.6 Å². The maximum absolute atomic E-state index is 12.9. The molecule has 0 radical (unpaired) electrons. The lowest BCUT2D eigenvalue weighted by atomic mass is 10.2. The van der Waals surface area contributed by atoms with Gasteiger partial charge in [-0.05, 0) is 51.5 Å². The van der Waals surface area contributed by atoms with Crippen LogP contribution in [0.15, 0.2) is 35.3 Å². The first-order valence-corrected chi connectivity index (χ1v) is 11.0. The van der Waals surface area contributed by atoms with Crippen molar-refractivity contribution in [3.63, 3.8) is 0 Å². The number of ether oxygens (including phenoxy) is 1. The maximum atomic E-state index is 12.9. The molecule has 2 heterocycles. The minimum atomic E-state index is -1.26. The Labute approximate surface area is 205 Å². The Morgan fingerprint density at radius 1 is 1.29 bits per heavy atom. The number of hydrogen-bond acceptors (Lipinski definition) is 7. The van der Waals surface area contributed by atoms with Crippen molar-refractivity contribution in [2.75, 3.05) is 5.32 Å². The molecule has 0 spiro atoms. The minimum absolute atomic E-state index is 0.0247. The lowest BCUT2D eigenvalue weighted by Crippen LogP contribution is -2.44. The molecule has 2 aromatic heterocycles. The van der Waals surface area contributed by atoms with Crippen molar-refractivity contribution in [3.8, 4) is 6.07 Å². The molecule has 0 saturated carbocycles. The summed E-state index contributed by atoms with van der Waals surface area (Å²) in [5.41, 5.74) is 1.25. The van der Waals surface area contributed by atoms with E-state index in [9.17, 15) is 24.8 Å². The molecular weight excluding hydrogens is 476 g/mol. The number of aliphatic carboxylic acids is 1. The fourth-order valence-electron chi connectivity index (χ4n) is 3.47. The molecule has 1 amide bonds. The standard InChI is InChI=1S/C23H25ClN6O5/c1-23(2,3)35-21(33)28-16(20(31)32)8-10-30-18-11-13(5-6-17(18)29(4)22(30)34)27-15-7-9-26-19(24)14(15)12-25/h5-7,9,11,16H,8,10H2,1-4H3,(H,26,27)(H,28,33)(H,31,32)/t16-/m0/s1. The van der Waals surface area contributed by atoms with Gasteiger partial charge in [0.15, 0.2) is 0 Å². The monoisotopic (exact) mass is 500 g/mol. The number of hydrogen-bond donors (Lipinski definition) is 3. The topological polar surface area (TPSA) is 151 Å². The zero-order chi connectivity index (χ0) is 25.9. The number of nitriles is 1. The van der Waals surface area contributed by atoms with E-state index in [1.165, 1.54) is 15.3 Å². The van der Waals surface area contributed by atoms with Crippen LogP contribution in [-0.4, -0.2) is 42.9 Å². The highest BCUT2D eigenvalue weighted by Gasteiger charge is 2.24. The third-order valence-corrected chi connectivity index (χ3v) is 5.36. The maximum Gasteiger partial charge on any atom is 0.408 e. The molecule has 0 unspecified atom stereocenters. The molecule has 0 aliphatic carbocycles. The second-order valence-corrected chi connectivity index (χ2v) is 9.14. The molecule has 184 valence electrons. The lowest BCUT2D eigenvalue weighted by molar-refractivity contribution is -0.139. The van der Waals surface area contributed by atoms with Gasteiger partial charge in [0, 0.05) is 25.5 Å². The van der Waals surface area contributed by atoms with Gasteiger partial charge in [0.2, 0.25) is 0 Å². The number of fused-ring (bicyclic) bond motifs is 1. The van der Waals surface area contributed by atoms with Gasteiger partial charge in [-0.3, -0.25) is 9.13 Å². The van der Waals surface area contributed by atoms with Crippen LogP contribution in [0.25, 0.3) is 11.0 Å². The number of carbonyl (C=O) groups excluding carboxylic acids is 1. The summed E-state index contributed by atoms with van der Waals surface area (Å²) < 4.78 is 8.01. The van der Waals surface area contributed by atoms with Gasteiger partial charge in [-0.1, -0.05) is 11.6 Å². The Hall–Kier alpha value is -4.04. The Morgan fingerprint density at radius 2 is 2.00 bits per heavy atom. The number of carbonyl (C=O) groups is 2. The summed E-state index contributed by atoms with van der Waals surface area (Å²) in [6, 6.07) is 7.53. The first kappa shape index (κ1) is 25.6. The van der Waals surface area contributed by atoms with Crippen molar-refractivity contribution in [3.05, 3.63) is 51.7 Å². The molecule has 0 fully saturated rings. The van der Waals surface area contributed by atoms with E-state index in [-0.39, 0.29) is 29.4 Å². The molecule has 12 heteroatoms. The molecule has 0 bridgehead atoms. The molecule has 35 heavy (non-hydrogen) atoms. The van der Waals surface area contributed by atoms with Crippen LogP contribution in [0.5, 0.6) is 0 Å². The van der Waals surface area contributed by atoms with Crippen LogP contribution in [0.4, 0.5) is 16.2 Å². The first-order chi connectivity index (χ1) is 16.4. The zero-order valence-electron chi connectivity index (χ0n) is 19.6. The minimum Gasteiger partial charge on any atom is -0.480 e. The Bertz CT molecular complexity index is 1380. The van der Waals surface area contributed by atoms with E-state index >= 15 is 0 Å². The van der Waals surface area contributed by atoms with E-state index in [1.807, 2.05) is 6.07 Å². The second-order valence-electron chi connectivity index (χ2n) is 8.78. The Morgan fingerprint density at radius 3 is 2.63 bits per heavy atom. The van der Waals surface area contributed by atoms with E-state index in [4.69, 9.17) is 16.3 Å². The summed E-state index contributed by atoms with van der Waals surface area (Å²) >= 11 is 6.00. The average molecular weight is 501 g/mol. The van der Waals surface area contributed by atoms with Gasteiger partial charge in [-0.2, -0.15) is 5.26 Å². The van der Waals surface area contributed by atoms with Crippen LogP contribution < -0.4 is 16.3 Å². The lowest BCUT2D eigenvalue weighted by Gasteiger charge is -2.22. The quantitative estimate of drug-likeness (QED) is 0.417. The summed E-state index contributed by atoms with van der Waals surface area (Å²) in [6.07, 6.45) is 0.557. The van der Waals surface area contributed by atoms with Gasteiger partial charge in [0.1, 0.15) is 28.4 Å². The number of aryl methyl sites for hydroxylation is 2. The van der Waals surface area contributed by atoms with Crippen LogP contribution in [-0.2, 0) is 23.1 Å². The average Bonchev–Trinajstić information content (AvgIpc) is 2.99. The Kier molecular flexibility index (Phi) is 7.36. The van der Waals surface area contributed by atoms with Crippen LogP contribution in [0, 0.1) is 11.3 Å². The highest BCUT2D eigenvalue weighted by molar-refractivity contribution is 6.31. The highest BCUT2D eigenvalue weighted by Crippen LogP contribution is 2.26. The summed E-state index contributed by atoms with van der Waals surface area (Å²) in [6.45, 7) is 5.03. The molecule has 1 aromatic carbocycles. The van der Waals surface area contributed by atoms with Gasteiger partial charge < -0.3 is 20.5 Å². The van der Waals surface area contributed by atoms with Crippen molar-refractivity contribution < 1.29 is 19.4 Å². The highest BCUT2D eigenvalue weighted by atomic mass is 35.5. The van der Waals surface area contributed by atoms with Crippen LogP contribution in [0.1, 0.15) is 32.8 Å². The van der Waals surface area contributed by atoms with Gasteiger partial charge in [-0.25, -0.2) is 19.4 Å². The number of anilines is 2. The van der Waals surface area contributed by atoms with Crippen LogP contribution in [0.2, 0.25) is 5.15 Å².